The van der Waals surface area contributed by atoms with Crippen LogP contribution in [0.1, 0.15) is 99.3 Å². The first-order valence-electron chi connectivity index (χ1n) is 23.2. The number of aliphatic hydroxyl groups is 9. The monoisotopic (exact) mass is 870 g/mol. The summed E-state index contributed by atoms with van der Waals surface area (Å²) < 4.78 is 43.4. The molecule has 3 saturated carbocycles. The number of fused-ring (bicyclic) bond motifs is 7. The van der Waals surface area contributed by atoms with Gasteiger partial charge in [0.25, 0.3) is 0 Å². The van der Waals surface area contributed by atoms with Gasteiger partial charge in [-0.1, -0.05) is 39.3 Å². The minimum Gasteiger partial charge on any atom is -0.396 e. The molecule has 4 saturated heterocycles. The second-order valence-electron chi connectivity index (χ2n) is 20.8. The molecule has 16 heteroatoms. The van der Waals surface area contributed by atoms with Gasteiger partial charge in [0.15, 0.2) is 18.9 Å². The molecular formula is C45H74O16. The number of ether oxygens (including phenoxy) is 7. The Labute approximate surface area is 359 Å². The van der Waals surface area contributed by atoms with Crippen molar-refractivity contribution in [2.45, 2.75) is 210 Å². The highest BCUT2D eigenvalue weighted by atomic mass is 16.8. The quantitative estimate of drug-likeness (QED) is 0.131. The predicted molar refractivity (Wildman–Crippen MR) is 215 cm³/mol. The van der Waals surface area contributed by atoms with Crippen LogP contribution in [-0.2, 0) is 33.2 Å². The average molecular weight is 871 g/mol. The Morgan fingerprint density at radius 1 is 0.705 bits per heavy atom. The van der Waals surface area contributed by atoms with Crippen molar-refractivity contribution in [3.63, 3.8) is 0 Å². The van der Waals surface area contributed by atoms with E-state index in [2.05, 4.69) is 33.8 Å². The molecule has 8 rings (SSSR count). The zero-order valence-electron chi connectivity index (χ0n) is 36.6. The van der Waals surface area contributed by atoms with Gasteiger partial charge in [0.2, 0.25) is 0 Å². The number of hydrogen-bond acceptors (Lipinski definition) is 16. The summed E-state index contributed by atoms with van der Waals surface area (Å²) in [5, 5.41) is 95.4. The fourth-order valence-electron chi connectivity index (χ4n) is 13.5. The topological polar surface area (TPSA) is 247 Å². The third-order valence-corrected chi connectivity index (χ3v) is 17.2. The van der Waals surface area contributed by atoms with Gasteiger partial charge in [-0.2, -0.15) is 0 Å². The number of rotatable bonds is 11. The van der Waals surface area contributed by atoms with E-state index in [0.717, 1.165) is 38.5 Å². The molecule has 0 spiro atoms. The number of aliphatic hydroxyl groups excluding tert-OH is 9. The molecule has 61 heavy (non-hydrogen) atoms. The molecule has 7 fully saturated rings. The SMILES string of the molecule is C[C@@H](CO)CC[C@H]1O[C@H]2C[C@H]3[C@@H]4CC=C5C[C@@H](O[C@@H]6O[C@H](CO)[C@@H](O[C@@H]7O[C@@H](C)[C@H](O)[C@@H](O)[C@H]7O)[C@H](O)[C@H]6O[C@@H]6O[C@@H](C)[C@H](O)[C@@H](O)[C@H]6O)CC[C@]5(C)[C@H]4CC[C@]3(C)[C@H]2[C@@H]1C. The van der Waals surface area contributed by atoms with Crippen molar-refractivity contribution in [2.75, 3.05) is 13.2 Å². The van der Waals surface area contributed by atoms with E-state index in [4.69, 9.17) is 33.2 Å². The van der Waals surface area contributed by atoms with Gasteiger partial charge >= 0.3 is 0 Å². The van der Waals surface area contributed by atoms with E-state index in [1.54, 1.807) is 0 Å². The van der Waals surface area contributed by atoms with Gasteiger partial charge in [0.1, 0.15) is 61.0 Å². The summed E-state index contributed by atoms with van der Waals surface area (Å²) in [6.07, 6.45) is -10.2. The lowest BCUT2D eigenvalue weighted by atomic mass is 9.47. The van der Waals surface area contributed by atoms with E-state index in [0.29, 0.717) is 42.4 Å². The van der Waals surface area contributed by atoms with Gasteiger partial charge in [0.05, 0.1) is 37.1 Å². The van der Waals surface area contributed by atoms with Gasteiger partial charge in [-0.15, -0.1) is 0 Å². The molecular weight excluding hydrogens is 796 g/mol. The van der Waals surface area contributed by atoms with Gasteiger partial charge in [0, 0.05) is 6.61 Å². The lowest BCUT2D eigenvalue weighted by Gasteiger charge is -2.58. The molecule has 16 nitrogen and oxygen atoms in total. The normalized spacial score (nSPS) is 55.2. The van der Waals surface area contributed by atoms with Crippen LogP contribution in [0, 0.1) is 46.3 Å². The molecule has 4 aliphatic heterocycles. The second kappa shape index (κ2) is 18.1. The number of allylic oxidation sites excluding steroid dienone is 1. The largest absolute Gasteiger partial charge is 0.396 e. The first-order chi connectivity index (χ1) is 28.9. The Morgan fingerprint density at radius 2 is 1.34 bits per heavy atom. The lowest BCUT2D eigenvalue weighted by molar-refractivity contribution is -0.388. The Kier molecular flexibility index (Phi) is 13.8. The van der Waals surface area contributed by atoms with Gasteiger partial charge in [-0.3, -0.25) is 0 Å². The highest BCUT2D eigenvalue weighted by molar-refractivity contribution is 5.26. The van der Waals surface area contributed by atoms with Gasteiger partial charge < -0.3 is 79.1 Å². The molecule has 0 radical (unpaired) electrons. The van der Waals surface area contributed by atoms with Crippen LogP contribution in [0.3, 0.4) is 0 Å². The zero-order chi connectivity index (χ0) is 43.9. The predicted octanol–water partition coefficient (Wildman–Crippen LogP) is 0.876. The van der Waals surface area contributed by atoms with E-state index < -0.39 is 98.7 Å². The summed E-state index contributed by atoms with van der Waals surface area (Å²) in [5.41, 5.74) is 1.56. The Balaban J connectivity index is 0.978. The summed E-state index contributed by atoms with van der Waals surface area (Å²) >= 11 is 0. The van der Waals surface area contributed by atoms with E-state index in [9.17, 15) is 46.0 Å². The maximum Gasteiger partial charge on any atom is 0.187 e. The molecule has 0 unspecified atom stereocenters. The van der Waals surface area contributed by atoms with Crippen molar-refractivity contribution >= 4 is 0 Å². The standard InChI is InChI=1S/C45H74O16/c1-19(17-46)7-10-28-20(2)31-29(58-28)16-27-25-9-8-23-15-24(11-13-44(23,5)26(25)12-14-45(27,31)6)57-43-40(61-42-37(53)35(51)33(49)22(4)56-42)38(54)39(30(18-47)59-43)60-41-36(52)34(50)32(48)21(3)55-41/h8,19-22,24-43,46-54H,7,9-18H2,1-6H3/t19-,20-,21+,22+,24+,25-,26+,27+,28-,29+,30-,31+,32+,33+,34-,35-,36-,37-,38+,39-,40-,41+,42+,43-,44+,45+/m1/s1. The molecule has 26 atom stereocenters. The van der Waals surface area contributed by atoms with Gasteiger partial charge in [-0.25, -0.2) is 0 Å². The molecule has 0 aromatic heterocycles. The molecule has 4 heterocycles. The summed E-state index contributed by atoms with van der Waals surface area (Å²) in [6, 6.07) is 0. The van der Waals surface area contributed by atoms with E-state index in [1.807, 2.05) is 0 Å². The fourth-order valence-corrected chi connectivity index (χ4v) is 13.5. The maximum atomic E-state index is 12.0. The average Bonchev–Trinajstić information content (AvgIpc) is 3.73. The molecule has 350 valence electrons. The fraction of sp³-hybridized carbons (Fsp3) is 0.956. The van der Waals surface area contributed by atoms with Crippen LogP contribution in [0.2, 0.25) is 0 Å². The second-order valence-corrected chi connectivity index (χ2v) is 20.8. The zero-order valence-corrected chi connectivity index (χ0v) is 36.6. The molecule has 8 aliphatic rings. The van der Waals surface area contributed by atoms with E-state index in [1.165, 1.54) is 25.8 Å². The summed E-state index contributed by atoms with van der Waals surface area (Å²) in [4.78, 5) is 0. The van der Waals surface area contributed by atoms with E-state index in [-0.39, 0.29) is 41.7 Å². The van der Waals surface area contributed by atoms with Gasteiger partial charge in [-0.05, 0) is 118 Å². The highest BCUT2D eigenvalue weighted by Crippen LogP contribution is 2.69. The molecule has 0 bridgehead atoms. The minimum absolute atomic E-state index is 0.0179. The van der Waals surface area contributed by atoms with Crippen molar-refractivity contribution in [1.29, 1.82) is 0 Å². The van der Waals surface area contributed by atoms with Crippen LogP contribution >= 0.6 is 0 Å². The first-order valence-corrected chi connectivity index (χ1v) is 23.2. The Bertz CT molecular complexity index is 1540. The summed E-state index contributed by atoms with van der Waals surface area (Å²) in [7, 11) is 0. The van der Waals surface area contributed by atoms with Crippen LogP contribution in [0.25, 0.3) is 0 Å². The van der Waals surface area contributed by atoms with Crippen LogP contribution in [0.4, 0.5) is 0 Å². The first kappa shape index (κ1) is 46.6. The molecule has 0 amide bonds. The third-order valence-electron chi connectivity index (χ3n) is 17.2. The highest BCUT2D eigenvalue weighted by Gasteiger charge is 2.65. The summed E-state index contributed by atoms with van der Waals surface area (Å²) in [6.45, 7) is 12.0. The van der Waals surface area contributed by atoms with E-state index >= 15 is 0 Å². The van der Waals surface area contributed by atoms with Crippen molar-refractivity contribution in [3.8, 4) is 0 Å². The molecule has 0 aromatic carbocycles. The van der Waals surface area contributed by atoms with Crippen LogP contribution in [-0.4, -0.2) is 170 Å². The number of hydrogen-bond donors (Lipinski definition) is 9. The molecule has 4 aliphatic carbocycles. The van der Waals surface area contributed by atoms with Crippen molar-refractivity contribution < 1.29 is 79.1 Å². The maximum absolute atomic E-state index is 12.0. The van der Waals surface area contributed by atoms with Crippen molar-refractivity contribution in [2.24, 2.45) is 46.3 Å². The Morgan fingerprint density at radius 3 is 1.97 bits per heavy atom. The van der Waals surface area contributed by atoms with Crippen molar-refractivity contribution in [1.82, 2.24) is 0 Å². The molecule has 0 aromatic rings. The van der Waals surface area contributed by atoms with Crippen LogP contribution < -0.4 is 0 Å². The van der Waals surface area contributed by atoms with Crippen LogP contribution in [0.15, 0.2) is 11.6 Å². The van der Waals surface area contributed by atoms with Crippen LogP contribution in [0.5, 0.6) is 0 Å². The Hall–Kier alpha value is -0.900. The third kappa shape index (κ3) is 8.22. The lowest BCUT2D eigenvalue weighted by Crippen LogP contribution is -2.66. The smallest absolute Gasteiger partial charge is 0.187 e. The molecule has 9 N–H and O–H groups in total. The minimum atomic E-state index is -1.71. The van der Waals surface area contributed by atoms with Crippen molar-refractivity contribution in [3.05, 3.63) is 11.6 Å². The summed E-state index contributed by atoms with van der Waals surface area (Å²) in [5.74, 6) is 3.00.